The minimum Gasteiger partial charge on any atom is -0.467 e. The summed E-state index contributed by atoms with van der Waals surface area (Å²) in [7, 11) is 0. The van der Waals surface area contributed by atoms with Gasteiger partial charge < -0.3 is 14.6 Å². The van der Waals surface area contributed by atoms with Gasteiger partial charge in [0.15, 0.2) is 6.61 Å². The molecule has 8 heteroatoms. The number of aryl methyl sites for hydroxylation is 1. The van der Waals surface area contributed by atoms with E-state index in [1.54, 1.807) is 19.1 Å². The molecule has 0 aliphatic rings. The molecule has 1 amide bonds. The number of nitrogens with zero attached hydrogens (tertiary/aromatic N) is 3. The summed E-state index contributed by atoms with van der Waals surface area (Å²) in [6, 6.07) is 16.8. The summed E-state index contributed by atoms with van der Waals surface area (Å²) in [5.41, 5.74) is 2.62. The van der Waals surface area contributed by atoms with Crippen LogP contribution in [-0.4, -0.2) is 27.6 Å². The van der Waals surface area contributed by atoms with Crippen LogP contribution in [0, 0.1) is 6.92 Å². The second-order valence-corrected chi connectivity index (χ2v) is 6.79. The van der Waals surface area contributed by atoms with Crippen molar-refractivity contribution in [1.82, 2.24) is 20.4 Å². The van der Waals surface area contributed by atoms with Crippen molar-refractivity contribution in [3.63, 3.8) is 0 Å². The van der Waals surface area contributed by atoms with E-state index in [4.69, 9.17) is 20.9 Å². The maximum absolute atomic E-state index is 12.2. The van der Waals surface area contributed by atoms with Crippen LogP contribution in [0.1, 0.15) is 11.4 Å². The fourth-order valence-electron chi connectivity index (χ4n) is 2.86. The number of fused-ring (bicyclic) bond motifs is 1. The third-order valence-corrected chi connectivity index (χ3v) is 4.42. The first kappa shape index (κ1) is 18.9. The zero-order chi connectivity index (χ0) is 20.2. The molecule has 0 fully saturated rings. The standard InChI is InChI=1S/C21H17ClN4O3/c1-13-24-20(28-12-17(27)23-11-14-6-5-9-16(22)10-14)18-19(26-29-21(18)25-13)15-7-3-2-4-8-15/h2-10H,11-12H2,1H3,(H,23,27). The number of aromatic nitrogens is 3. The van der Waals surface area contributed by atoms with Crippen molar-refractivity contribution < 1.29 is 14.1 Å². The average molecular weight is 409 g/mol. The van der Waals surface area contributed by atoms with Crippen LogP contribution in [0.25, 0.3) is 22.4 Å². The number of hydrogen-bond acceptors (Lipinski definition) is 6. The van der Waals surface area contributed by atoms with Crippen LogP contribution in [0.3, 0.4) is 0 Å². The normalized spacial score (nSPS) is 10.8. The van der Waals surface area contributed by atoms with Gasteiger partial charge in [0.2, 0.25) is 5.88 Å². The maximum Gasteiger partial charge on any atom is 0.265 e. The van der Waals surface area contributed by atoms with Crippen LogP contribution in [0.2, 0.25) is 5.02 Å². The van der Waals surface area contributed by atoms with Gasteiger partial charge in [0, 0.05) is 17.1 Å². The molecule has 7 nitrogen and oxygen atoms in total. The summed E-state index contributed by atoms with van der Waals surface area (Å²) in [4.78, 5) is 20.8. The van der Waals surface area contributed by atoms with Gasteiger partial charge in [-0.1, -0.05) is 59.2 Å². The van der Waals surface area contributed by atoms with E-state index in [0.29, 0.717) is 34.2 Å². The largest absolute Gasteiger partial charge is 0.467 e. The Balaban J connectivity index is 1.51. The number of carbonyl (C=O) groups excluding carboxylic acids is 1. The molecule has 29 heavy (non-hydrogen) atoms. The van der Waals surface area contributed by atoms with Crippen molar-refractivity contribution in [3.05, 3.63) is 71.0 Å². The number of carbonyl (C=O) groups is 1. The van der Waals surface area contributed by atoms with E-state index >= 15 is 0 Å². The van der Waals surface area contributed by atoms with E-state index in [1.165, 1.54) is 0 Å². The average Bonchev–Trinajstić information content (AvgIpc) is 3.15. The Kier molecular flexibility index (Phi) is 5.39. The van der Waals surface area contributed by atoms with Crippen molar-refractivity contribution in [1.29, 1.82) is 0 Å². The summed E-state index contributed by atoms with van der Waals surface area (Å²) < 4.78 is 11.1. The Morgan fingerprint density at radius 1 is 1.14 bits per heavy atom. The zero-order valence-corrected chi connectivity index (χ0v) is 16.3. The highest BCUT2D eigenvalue weighted by molar-refractivity contribution is 6.30. The molecule has 0 aliphatic heterocycles. The minimum atomic E-state index is -0.285. The molecule has 2 aromatic carbocycles. The van der Waals surface area contributed by atoms with E-state index in [2.05, 4.69) is 20.4 Å². The minimum absolute atomic E-state index is 0.203. The molecule has 0 spiro atoms. The van der Waals surface area contributed by atoms with Gasteiger partial charge in [-0.25, -0.2) is 0 Å². The fraction of sp³-hybridized carbons (Fsp3) is 0.143. The predicted molar refractivity (Wildman–Crippen MR) is 109 cm³/mol. The molecule has 0 bridgehead atoms. The molecule has 0 atom stereocenters. The van der Waals surface area contributed by atoms with E-state index in [1.807, 2.05) is 42.5 Å². The van der Waals surface area contributed by atoms with Crippen LogP contribution in [0.4, 0.5) is 0 Å². The van der Waals surface area contributed by atoms with Gasteiger partial charge in [-0.3, -0.25) is 4.79 Å². The van der Waals surface area contributed by atoms with Crippen molar-refractivity contribution in [3.8, 4) is 17.1 Å². The van der Waals surface area contributed by atoms with Crippen molar-refractivity contribution in [2.75, 3.05) is 6.61 Å². The van der Waals surface area contributed by atoms with E-state index in [0.717, 1.165) is 11.1 Å². The third-order valence-electron chi connectivity index (χ3n) is 4.18. The van der Waals surface area contributed by atoms with Crippen LogP contribution in [0.15, 0.2) is 59.1 Å². The lowest BCUT2D eigenvalue weighted by Crippen LogP contribution is -2.28. The Bertz CT molecular complexity index is 1160. The van der Waals surface area contributed by atoms with Gasteiger partial charge in [-0.15, -0.1) is 0 Å². The van der Waals surface area contributed by atoms with Gasteiger partial charge in [0.1, 0.15) is 16.9 Å². The van der Waals surface area contributed by atoms with E-state index in [-0.39, 0.29) is 18.4 Å². The molecular formula is C21H17ClN4O3. The highest BCUT2D eigenvalue weighted by atomic mass is 35.5. The molecule has 4 aromatic rings. The molecule has 0 saturated carbocycles. The van der Waals surface area contributed by atoms with Gasteiger partial charge >= 0.3 is 0 Å². The Hall–Kier alpha value is -3.45. The number of benzene rings is 2. The maximum atomic E-state index is 12.2. The molecule has 2 aromatic heterocycles. The molecule has 1 N–H and O–H groups in total. The fourth-order valence-corrected chi connectivity index (χ4v) is 3.07. The summed E-state index contributed by atoms with van der Waals surface area (Å²) in [6.07, 6.45) is 0. The predicted octanol–water partition coefficient (Wildman–Crippen LogP) is 3.94. The Morgan fingerprint density at radius 3 is 2.76 bits per heavy atom. The van der Waals surface area contributed by atoms with Gasteiger partial charge in [0.05, 0.1) is 0 Å². The number of halogens is 1. The second-order valence-electron chi connectivity index (χ2n) is 6.35. The van der Waals surface area contributed by atoms with Crippen LogP contribution in [-0.2, 0) is 11.3 Å². The second kappa shape index (κ2) is 8.28. The summed E-state index contributed by atoms with van der Waals surface area (Å²) in [6.45, 7) is 1.87. The van der Waals surface area contributed by atoms with Gasteiger partial charge in [0.25, 0.3) is 11.6 Å². The first-order valence-corrected chi connectivity index (χ1v) is 9.31. The summed E-state index contributed by atoms with van der Waals surface area (Å²) >= 11 is 5.96. The van der Waals surface area contributed by atoms with Crippen LogP contribution < -0.4 is 10.1 Å². The molecule has 146 valence electrons. The first-order chi connectivity index (χ1) is 14.1. The third kappa shape index (κ3) is 4.35. The van der Waals surface area contributed by atoms with Crippen molar-refractivity contribution in [2.24, 2.45) is 0 Å². The van der Waals surface area contributed by atoms with E-state index < -0.39 is 0 Å². The number of hydrogen-bond donors (Lipinski definition) is 1. The molecule has 0 saturated heterocycles. The van der Waals surface area contributed by atoms with Crippen molar-refractivity contribution >= 4 is 28.6 Å². The Labute approximate surface area is 171 Å². The van der Waals surface area contributed by atoms with Gasteiger partial charge in [-0.05, 0) is 24.6 Å². The lowest BCUT2D eigenvalue weighted by molar-refractivity contribution is -0.123. The number of ether oxygens (including phenoxy) is 1. The van der Waals surface area contributed by atoms with Crippen molar-refractivity contribution in [2.45, 2.75) is 13.5 Å². The van der Waals surface area contributed by atoms with Gasteiger partial charge in [-0.2, -0.15) is 9.97 Å². The molecule has 4 rings (SSSR count). The highest BCUT2D eigenvalue weighted by Gasteiger charge is 2.19. The quantitative estimate of drug-likeness (QED) is 0.519. The topological polar surface area (TPSA) is 90.1 Å². The number of rotatable bonds is 6. The monoisotopic (exact) mass is 408 g/mol. The molecule has 2 heterocycles. The highest BCUT2D eigenvalue weighted by Crippen LogP contribution is 2.32. The summed E-state index contributed by atoms with van der Waals surface area (Å²) in [5.74, 6) is 0.431. The zero-order valence-electron chi connectivity index (χ0n) is 15.6. The van der Waals surface area contributed by atoms with Crippen LogP contribution in [0.5, 0.6) is 5.88 Å². The number of nitrogens with one attached hydrogen (secondary N) is 1. The SMILES string of the molecule is Cc1nc(OCC(=O)NCc2cccc(Cl)c2)c2c(-c3ccccc3)noc2n1. The lowest BCUT2D eigenvalue weighted by Gasteiger charge is -2.09. The molecule has 0 unspecified atom stereocenters. The number of amides is 1. The van der Waals surface area contributed by atoms with E-state index in [9.17, 15) is 4.79 Å². The molecule has 0 radical (unpaired) electrons. The first-order valence-electron chi connectivity index (χ1n) is 8.93. The molecular weight excluding hydrogens is 392 g/mol. The lowest BCUT2D eigenvalue weighted by atomic mass is 10.1. The summed E-state index contributed by atoms with van der Waals surface area (Å²) in [5, 5.41) is 8.05. The smallest absolute Gasteiger partial charge is 0.265 e. The Morgan fingerprint density at radius 2 is 1.97 bits per heavy atom. The molecule has 0 aliphatic carbocycles. The van der Waals surface area contributed by atoms with Crippen LogP contribution >= 0.6 is 11.6 Å².